The van der Waals surface area contributed by atoms with E-state index in [1.165, 1.54) is 0 Å². The van der Waals surface area contributed by atoms with Crippen LogP contribution in [0.1, 0.15) is 25.3 Å². The number of hydrogen-bond donors (Lipinski definition) is 1. The first-order chi connectivity index (χ1) is 8.77. The lowest BCUT2D eigenvalue weighted by Crippen LogP contribution is -2.25. The van der Waals surface area contributed by atoms with Crippen molar-refractivity contribution in [2.75, 3.05) is 25.1 Å². The van der Waals surface area contributed by atoms with Gasteiger partial charge in [-0.3, -0.25) is 0 Å². The maximum Gasteiger partial charge on any atom is 0.126 e. The van der Waals surface area contributed by atoms with Gasteiger partial charge < -0.3 is 5.32 Å². The molecule has 3 heteroatoms. The lowest BCUT2D eigenvalue weighted by Gasteiger charge is -2.17. The van der Waals surface area contributed by atoms with Gasteiger partial charge in [0.15, 0.2) is 0 Å². The first-order valence-corrected chi connectivity index (χ1v) is 8.10. The second-order valence-corrected chi connectivity index (χ2v) is 5.63. The van der Waals surface area contributed by atoms with Gasteiger partial charge in [-0.2, -0.15) is 11.8 Å². The minimum atomic E-state index is -0.0675. The molecule has 0 aliphatic carbocycles. The number of benzene rings is 1. The third-order valence-corrected chi connectivity index (χ3v) is 3.70. The molecule has 0 aromatic heterocycles. The Bertz CT molecular complexity index is 330. The molecular weight excluding hydrogens is 245 g/mol. The predicted molar refractivity (Wildman–Crippen MR) is 79.8 cm³/mol. The molecule has 0 saturated heterocycles. The van der Waals surface area contributed by atoms with Gasteiger partial charge in [0.25, 0.3) is 0 Å². The van der Waals surface area contributed by atoms with Crippen molar-refractivity contribution in [3.05, 3.63) is 35.6 Å². The highest BCUT2D eigenvalue weighted by Gasteiger charge is 2.11. The zero-order valence-electron chi connectivity index (χ0n) is 11.4. The topological polar surface area (TPSA) is 12.0 Å². The van der Waals surface area contributed by atoms with Gasteiger partial charge in [-0.25, -0.2) is 4.39 Å². The molecule has 0 fully saturated rings. The Labute approximate surface area is 115 Å². The molecule has 0 aliphatic heterocycles. The first kappa shape index (κ1) is 15.5. The largest absolute Gasteiger partial charge is 0.316 e. The molecule has 18 heavy (non-hydrogen) atoms. The van der Waals surface area contributed by atoms with Crippen LogP contribution in [0.25, 0.3) is 0 Å². The number of hydrogen-bond acceptors (Lipinski definition) is 2. The smallest absolute Gasteiger partial charge is 0.126 e. The SMILES string of the molecule is CCCNCC(CCSC)Cc1ccccc1F. The van der Waals surface area contributed by atoms with Gasteiger partial charge in [0.2, 0.25) is 0 Å². The highest BCUT2D eigenvalue weighted by molar-refractivity contribution is 7.98. The van der Waals surface area contributed by atoms with E-state index < -0.39 is 0 Å². The Morgan fingerprint density at radius 3 is 2.78 bits per heavy atom. The summed E-state index contributed by atoms with van der Waals surface area (Å²) in [7, 11) is 0. The van der Waals surface area contributed by atoms with Crippen LogP contribution in [0.15, 0.2) is 24.3 Å². The van der Waals surface area contributed by atoms with Gasteiger partial charge in [-0.15, -0.1) is 0 Å². The molecule has 0 spiro atoms. The average molecular weight is 269 g/mol. The molecule has 1 aromatic carbocycles. The zero-order chi connectivity index (χ0) is 13.2. The van der Waals surface area contributed by atoms with Gasteiger partial charge in [-0.05, 0) is 61.9 Å². The molecule has 1 atom stereocenters. The van der Waals surface area contributed by atoms with Crippen molar-refractivity contribution < 1.29 is 4.39 Å². The van der Waals surface area contributed by atoms with E-state index in [9.17, 15) is 4.39 Å². The van der Waals surface area contributed by atoms with E-state index in [1.807, 2.05) is 23.9 Å². The van der Waals surface area contributed by atoms with Crippen molar-refractivity contribution in [1.29, 1.82) is 0 Å². The molecule has 0 amide bonds. The minimum Gasteiger partial charge on any atom is -0.316 e. The van der Waals surface area contributed by atoms with Crippen LogP contribution < -0.4 is 5.32 Å². The van der Waals surface area contributed by atoms with Crippen molar-refractivity contribution >= 4 is 11.8 Å². The lowest BCUT2D eigenvalue weighted by atomic mass is 9.96. The van der Waals surface area contributed by atoms with Crippen molar-refractivity contribution in [2.45, 2.75) is 26.2 Å². The summed E-state index contributed by atoms with van der Waals surface area (Å²) in [6.07, 6.45) is 5.25. The van der Waals surface area contributed by atoms with Crippen LogP contribution in [0.3, 0.4) is 0 Å². The van der Waals surface area contributed by atoms with Crippen LogP contribution in [-0.4, -0.2) is 25.1 Å². The summed E-state index contributed by atoms with van der Waals surface area (Å²) in [5, 5.41) is 3.45. The summed E-state index contributed by atoms with van der Waals surface area (Å²) in [6.45, 7) is 4.20. The Hall–Kier alpha value is -0.540. The van der Waals surface area contributed by atoms with Crippen molar-refractivity contribution in [3.8, 4) is 0 Å². The molecule has 1 unspecified atom stereocenters. The summed E-state index contributed by atoms with van der Waals surface area (Å²) in [5.74, 6) is 1.61. The Morgan fingerprint density at radius 2 is 2.11 bits per heavy atom. The first-order valence-electron chi connectivity index (χ1n) is 6.71. The van der Waals surface area contributed by atoms with Gasteiger partial charge in [0.05, 0.1) is 0 Å². The average Bonchev–Trinajstić information content (AvgIpc) is 2.38. The molecule has 1 N–H and O–H groups in total. The minimum absolute atomic E-state index is 0.0675. The van der Waals surface area contributed by atoms with E-state index in [2.05, 4.69) is 18.5 Å². The van der Waals surface area contributed by atoms with Crippen molar-refractivity contribution in [3.63, 3.8) is 0 Å². The second-order valence-electron chi connectivity index (χ2n) is 4.65. The molecule has 0 aliphatic rings. The maximum atomic E-state index is 13.6. The molecule has 102 valence electrons. The van der Waals surface area contributed by atoms with Crippen LogP contribution in [0.2, 0.25) is 0 Å². The summed E-state index contributed by atoms with van der Waals surface area (Å²) in [4.78, 5) is 0. The number of thioether (sulfide) groups is 1. The number of halogens is 1. The lowest BCUT2D eigenvalue weighted by molar-refractivity contribution is 0.454. The van der Waals surface area contributed by atoms with E-state index in [0.717, 1.165) is 43.7 Å². The zero-order valence-corrected chi connectivity index (χ0v) is 12.2. The van der Waals surface area contributed by atoms with Crippen molar-refractivity contribution in [2.24, 2.45) is 5.92 Å². The highest BCUT2D eigenvalue weighted by atomic mass is 32.2. The third-order valence-electron chi connectivity index (χ3n) is 3.06. The van der Waals surface area contributed by atoms with Crippen LogP contribution in [0, 0.1) is 11.7 Å². The molecule has 0 bridgehead atoms. The fraction of sp³-hybridized carbons (Fsp3) is 0.600. The van der Waals surface area contributed by atoms with Gasteiger partial charge in [0, 0.05) is 0 Å². The van der Waals surface area contributed by atoms with E-state index in [1.54, 1.807) is 12.1 Å². The molecule has 0 heterocycles. The number of nitrogens with one attached hydrogen (secondary N) is 1. The molecule has 1 rings (SSSR count). The molecule has 1 nitrogen and oxygen atoms in total. The quantitative estimate of drug-likeness (QED) is 0.685. The van der Waals surface area contributed by atoms with Gasteiger partial charge >= 0.3 is 0 Å². The van der Waals surface area contributed by atoms with Crippen LogP contribution in [-0.2, 0) is 6.42 Å². The Balaban J connectivity index is 2.51. The summed E-state index contributed by atoms with van der Waals surface area (Å²) in [5.41, 5.74) is 0.849. The van der Waals surface area contributed by atoms with E-state index in [4.69, 9.17) is 0 Å². The van der Waals surface area contributed by atoms with E-state index >= 15 is 0 Å². The van der Waals surface area contributed by atoms with Crippen molar-refractivity contribution in [1.82, 2.24) is 5.32 Å². The van der Waals surface area contributed by atoms with E-state index in [-0.39, 0.29) is 5.82 Å². The molecule has 1 aromatic rings. The Morgan fingerprint density at radius 1 is 1.33 bits per heavy atom. The Kier molecular flexibility index (Phi) is 8.10. The van der Waals surface area contributed by atoms with Crippen LogP contribution >= 0.6 is 11.8 Å². The molecular formula is C15H24FNS. The monoisotopic (exact) mass is 269 g/mol. The summed E-state index contributed by atoms with van der Waals surface area (Å²) < 4.78 is 13.6. The summed E-state index contributed by atoms with van der Waals surface area (Å²) in [6, 6.07) is 7.14. The van der Waals surface area contributed by atoms with E-state index in [0.29, 0.717) is 5.92 Å². The molecule has 0 radical (unpaired) electrons. The fourth-order valence-corrected chi connectivity index (χ4v) is 2.59. The predicted octanol–water partition coefficient (Wildman–Crippen LogP) is 3.74. The third kappa shape index (κ3) is 5.87. The van der Waals surface area contributed by atoms with Crippen LogP contribution in [0.4, 0.5) is 4.39 Å². The second kappa shape index (κ2) is 9.40. The van der Waals surface area contributed by atoms with Gasteiger partial charge in [0.1, 0.15) is 5.82 Å². The normalized spacial score (nSPS) is 12.6. The van der Waals surface area contributed by atoms with Crippen LogP contribution in [0.5, 0.6) is 0 Å². The highest BCUT2D eigenvalue weighted by Crippen LogP contribution is 2.16. The van der Waals surface area contributed by atoms with Gasteiger partial charge in [-0.1, -0.05) is 25.1 Å². The maximum absolute atomic E-state index is 13.6. The fourth-order valence-electron chi connectivity index (χ4n) is 2.02. The number of rotatable bonds is 9. The standard InChI is InChI=1S/C15H24FNS/c1-3-9-17-12-13(8-10-18-2)11-14-6-4-5-7-15(14)16/h4-7,13,17H,3,8-12H2,1-2H3. The molecule has 0 saturated carbocycles. The summed E-state index contributed by atoms with van der Waals surface area (Å²) >= 11 is 1.86.